The molecule has 5 heteroatoms. The summed E-state index contributed by atoms with van der Waals surface area (Å²) in [6, 6.07) is -0.0184. The van der Waals surface area contributed by atoms with Gasteiger partial charge in [0, 0.05) is 14.2 Å². The lowest BCUT2D eigenvalue weighted by molar-refractivity contribution is -0.127. The number of nitrogens with one attached hydrogen (secondary N) is 1. The minimum absolute atomic E-state index is 0.0184. The van der Waals surface area contributed by atoms with E-state index in [1.54, 1.807) is 14.2 Å². The van der Waals surface area contributed by atoms with Crippen LogP contribution in [-0.2, 0) is 14.3 Å². The fourth-order valence-electron chi connectivity index (χ4n) is 1.34. The summed E-state index contributed by atoms with van der Waals surface area (Å²) in [5.41, 5.74) is 5.02. The molecule has 0 aliphatic rings. The first-order chi connectivity index (χ1) is 7.45. The molecule has 0 rings (SSSR count). The van der Waals surface area contributed by atoms with Gasteiger partial charge in [-0.1, -0.05) is 0 Å². The fraction of sp³-hybridized carbons (Fsp3) is 0.909. The third-order valence-electron chi connectivity index (χ3n) is 2.39. The predicted molar refractivity (Wildman–Crippen MR) is 63.2 cm³/mol. The molecule has 16 heavy (non-hydrogen) atoms. The Hall–Kier alpha value is -0.650. The van der Waals surface area contributed by atoms with Gasteiger partial charge in [0.2, 0.25) is 5.91 Å². The van der Waals surface area contributed by atoms with Crippen LogP contribution in [0.5, 0.6) is 0 Å². The molecule has 0 radical (unpaired) electrons. The molecule has 0 spiro atoms. The number of ether oxygens (including phenoxy) is 2. The van der Waals surface area contributed by atoms with Crippen LogP contribution in [0.25, 0.3) is 0 Å². The van der Waals surface area contributed by atoms with Crippen molar-refractivity contribution in [2.45, 2.75) is 38.3 Å². The van der Waals surface area contributed by atoms with E-state index >= 15 is 0 Å². The molecule has 3 N–H and O–H groups in total. The summed E-state index contributed by atoms with van der Waals surface area (Å²) >= 11 is 0. The maximum Gasteiger partial charge on any atom is 0.223 e. The van der Waals surface area contributed by atoms with Crippen molar-refractivity contribution in [2.75, 3.05) is 27.4 Å². The van der Waals surface area contributed by atoms with E-state index in [1.807, 2.05) is 13.8 Å². The van der Waals surface area contributed by atoms with Gasteiger partial charge in [-0.15, -0.1) is 0 Å². The van der Waals surface area contributed by atoms with Crippen LogP contribution in [-0.4, -0.2) is 44.9 Å². The molecule has 0 aliphatic carbocycles. The molecular formula is C11H24N2O3. The Morgan fingerprint density at radius 2 is 2.06 bits per heavy atom. The summed E-state index contributed by atoms with van der Waals surface area (Å²) < 4.78 is 10.2. The van der Waals surface area contributed by atoms with Crippen LogP contribution in [0.4, 0.5) is 0 Å². The van der Waals surface area contributed by atoms with Gasteiger partial charge in [0.25, 0.3) is 0 Å². The lowest BCUT2D eigenvalue weighted by atomic mass is 10.0. The number of methoxy groups -OCH3 is 2. The summed E-state index contributed by atoms with van der Waals surface area (Å²) in [7, 11) is 3.20. The second-order valence-corrected chi connectivity index (χ2v) is 4.44. The van der Waals surface area contributed by atoms with Crippen molar-refractivity contribution >= 4 is 5.91 Å². The number of hydrogen-bond acceptors (Lipinski definition) is 4. The normalized spacial score (nSPS) is 13.6. The van der Waals surface area contributed by atoms with E-state index < -0.39 is 5.60 Å². The van der Waals surface area contributed by atoms with Crippen molar-refractivity contribution in [1.29, 1.82) is 0 Å². The smallest absolute Gasteiger partial charge is 0.223 e. The number of amides is 1. The van der Waals surface area contributed by atoms with Crippen molar-refractivity contribution in [3.8, 4) is 0 Å². The van der Waals surface area contributed by atoms with E-state index in [0.29, 0.717) is 26.0 Å². The zero-order valence-electron chi connectivity index (χ0n) is 10.7. The van der Waals surface area contributed by atoms with Gasteiger partial charge in [-0.2, -0.15) is 0 Å². The average molecular weight is 232 g/mol. The second-order valence-electron chi connectivity index (χ2n) is 4.44. The quantitative estimate of drug-likeness (QED) is 0.630. The number of carbonyl (C=O) groups excluding carboxylic acids is 1. The Labute approximate surface area is 97.7 Å². The Morgan fingerprint density at radius 3 is 2.50 bits per heavy atom. The van der Waals surface area contributed by atoms with Crippen molar-refractivity contribution < 1.29 is 14.3 Å². The molecule has 0 fully saturated rings. The van der Waals surface area contributed by atoms with Gasteiger partial charge < -0.3 is 20.5 Å². The third kappa shape index (κ3) is 6.76. The molecule has 0 heterocycles. The van der Waals surface area contributed by atoms with Crippen LogP contribution < -0.4 is 11.1 Å². The molecule has 0 saturated carbocycles. The van der Waals surface area contributed by atoms with Crippen LogP contribution in [0.1, 0.15) is 26.7 Å². The van der Waals surface area contributed by atoms with Gasteiger partial charge in [-0.3, -0.25) is 4.79 Å². The summed E-state index contributed by atoms with van der Waals surface area (Å²) in [5, 5.41) is 2.89. The van der Waals surface area contributed by atoms with Crippen molar-refractivity contribution in [1.82, 2.24) is 5.32 Å². The topological polar surface area (TPSA) is 73.6 Å². The van der Waals surface area contributed by atoms with E-state index in [-0.39, 0.29) is 11.9 Å². The zero-order valence-corrected chi connectivity index (χ0v) is 10.7. The molecular weight excluding hydrogens is 208 g/mol. The minimum atomic E-state index is -0.440. The summed E-state index contributed by atoms with van der Waals surface area (Å²) in [5.74, 6) is -0.0395. The van der Waals surface area contributed by atoms with Gasteiger partial charge in [-0.25, -0.2) is 0 Å². The number of rotatable bonds is 8. The first-order valence-electron chi connectivity index (χ1n) is 5.48. The number of hydrogen-bond donors (Lipinski definition) is 2. The molecule has 0 aliphatic heterocycles. The van der Waals surface area contributed by atoms with E-state index in [4.69, 9.17) is 15.2 Å². The Balaban J connectivity index is 4.08. The molecule has 0 aromatic carbocycles. The highest BCUT2D eigenvalue weighted by atomic mass is 16.5. The highest BCUT2D eigenvalue weighted by molar-refractivity contribution is 5.77. The van der Waals surface area contributed by atoms with Gasteiger partial charge in [0.15, 0.2) is 0 Å². The molecule has 0 aromatic rings. The fourth-order valence-corrected chi connectivity index (χ4v) is 1.34. The monoisotopic (exact) mass is 232 g/mol. The van der Waals surface area contributed by atoms with Crippen LogP contribution in [0.3, 0.4) is 0 Å². The van der Waals surface area contributed by atoms with Gasteiger partial charge in [-0.05, 0) is 26.8 Å². The zero-order chi connectivity index (χ0) is 12.6. The van der Waals surface area contributed by atoms with E-state index in [1.165, 1.54) is 0 Å². The number of carbonyl (C=O) groups is 1. The van der Waals surface area contributed by atoms with Crippen molar-refractivity contribution in [3.63, 3.8) is 0 Å². The van der Waals surface area contributed by atoms with Crippen molar-refractivity contribution in [3.05, 3.63) is 0 Å². The van der Waals surface area contributed by atoms with Gasteiger partial charge in [0.1, 0.15) is 0 Å². The highest BCUT2D eigenvalue weighted by Gasteiger charge is 2.22. The second kappa shape index (κ2) is 7.60. The van der Waals surface area contributed by atoms with E-state index in [0.717, 1.165) is 0 Å². The maximum absolute atomic E-state index is 11.7. The molecule has 0 bridgehead atoms. The molecule has 0 saturated heterocycles. The first-order valence-corrected chi connectivity index (χ1v) is 5.48. The molecule has 0 aromatic heterocycles. The van der Waals surface area contributed by atoms with E-state index in [2.05, 4.69) is 5.32 Å². The molecule has 96 valence electrons. The van der Waals surface area contributed by atoms with Crippen LogP contribution in [0.15, 0.2) is 0 Å². The summed E-state index contributed by atoms with van der Waals surface area (Å²) in [4.78, 5) is 11.7. The van der Waals surface area contributed by atoms with E-state index in [9.17, 15) is 4.79 Å². The molecule has 1 amide bonds. The number of nitrogens with two attached hydrogens (primary N) is 1. The highest BCUT2D eigenvalue weighted by Crippen LogP contribution is 2.12. The SMILES string of the molecule is COCC(CCN)NC(=O)CC(C)(C)OC. The molecule has 1 unspecified atom stereocenters. The Morgan fingerprint density at radius 1 is 1.44 bits per heavy atom. The molecule has 1 atom stereocenters. The van der Waals surface area contributed by atoms with Crippen LogP contribution >= 0.6 is 0 Å². The minimum Gasteiger partial charge on any atom is -0.383 e. The lowest BCUT2D eigenvalue weighted by Crippen LogP contribution is -2.42. The first kappa shape index (κ1) is 15.3. The standard InChI is InChI=1S/C11H24N2O3/c1-11(2,16-4)7-10(14)13-9(5-6-12)8-15-3/h9H,5-8,12H2,1-4H3,(H,13,14). The average Bonchev–Trinajstić information content (AvgIpc) is 2.17. The largest absolute Gasteiger partial charge is 0.383 e. The van der Waals surface area contributed by atoms with Crippen molar-refractivity contribution in [2.24, 2.45) is 5.73 Å². The Kier molecular flexibility index (Phi) is 7.29. The third-order valence-corrected chi connectivity index (χ3v) is 2.39. The lowest BCUT2D eigenvalue weighted by Gasteiger charge is -2.24. The predicted octanol–water partition coefficient (Wildman–Crippen LogP) is 0.282. The molecule has 5 nitrogen and oxygen atoms in total. The summed E-state index contributed by atoms with van der Waals surface area (Å²) in [6.45, 7) is 4.76. The summed E-state index contributed by atoms with van der Waals surface area (Å²) in [6.07, 6.45) is 1.04. The van der Waals surface area contributed by atoms with Gasteiger partial charge >= 0.3 is 0 Å². The maximum atomic E-state index is 11.7. The van der Waals surface area contributed by atoms with Crippen LogP contribution in [0.2, 0.25) is 0 Å². The van der Waals surface area contributed by atoms with Crippen LogP contribution in [0, 0.1) is 0 Å². The van der Waals surface area contributed by atoms with Gasteiger partial charge in [0.05, 0.1) is 24.7 Å². The Bertz CT molecular complexity index is 201.